The van der Waals surface area contributed by atoms with Gasteiger partial charge < -0.3 is 0 Å². The van der Waals surface area contributed by atoms with Gasteiger partial charge in [0.2, 0.25) is 0 Å². The molecule has 0 radical (unpaired) electrons. The van der Waals surface area contributed by atoms with E-state index in [1.54, 1.807) is 23.1 Å². The summed E-state index contributed by atoms with van der Waals surface area (Å²) in [6.45, 7) is 7.86. The van der Waals surface area contributed by atoms with E-state index in [1.807, 2.05) is 27.7 Å². The largest absolute Gasteiger partial charge is 0.159 e. The Morgan fingerprint density at radius 1 is 0.933 bits per heavy atom. The molecule has 0 spiro atoms. The summed E-state index contributed by atoms with van der Waals surface area (Å²) in [5.41, 5.74) is 1.11. The Kier molecular flexibility index (Phi) is 4.90. The Balaban J connectivity index is 0.000000151. The summed E-state index contributed by atoms with van der Waals surface area (Å²) in [6, 6.07) is 0. The third-order valence-electron chi connectivity index (χ3n) is 1.48. The highest BCUT2D eigenvalue weighted by Gasteiger charge is 1.99. The predicted octanol–water partition coefficient (Wildman–Crippen LogP) is 2.68. The molecule has 0 amide bonds. The minimum atomic E-state index is 1.01. The zero-order chi connectivity index (χ0) is 11.3. The maximum Gasteiger partial charge on any atom is 0.114 e. The maximum atomic E-state index is 3.89. The summed E-state index contributed by atoms with van der Waals surface area (Å²) in [5.74, 6) is 1.01. The van der Waals surface area contributed by atoms with Crippen molar-refractivity contribution >= 4 is 33.9 Å². The van der Waals surface area contributed by atoms with Crippen LogP contribution in [0.25, 0.3) is 0 Å². The van der Waals surface area contributed by atoms with Gasteiger partial charge in [-0.2, -0.15) is 5.10 Å². The van der Waals surface area contributed by atoms with Crippen LogP contribution in [0, 0.1) is 13.8 Å². The second-order valence-corrected chi connectivity index (χ2v) is 5.64. The van der Waals surface area contributed by atoms with E-state index in [0.29, 0.717) is 0 Å². The van der Waals surface area contributed by atoms with Crippen molar-refractivity contribution in [1.29, 1.82) is 0 Å². The van der Waals surface area contributed by atoms with E-state index >= 15 is 0 Å². The van der Waals surface area contributed by atoms with Crippen LogP contribution in [0.1, 0.15) is 23.9 Å². The van der Waals surface area contributed by atoms with Crippen molar-refractivity contribution in [3.63, 3.8) is 0 Å². The lowest BCUT2D eigenvalue weighted by molar-refractivity contribution is 1.02. The van der Waals surface area contributed by atoms with Crippen LogP contribution in [-0.4, -0.2) is 26.7 Å². The summed E-state index contributed by atoms with van der Waals surface area (Å²) < 4.78 is 0. The van der Waals surface area contributed by atoms with E-state index in [0.717, 1.165) is 26.5 Å². The van der Waals surface area contributed by atoms with Gasteiger partial charge in [0.25, 0.3) is 0 Å². The SMILES string of the molecule is CC1=NN=C(C)SC1.Cc1nnc(C)s1. The predicted molar refractivity (Wildman–Crippen MR) is 68.1 cm³/mol. The summed E-state index contributed by atoms with van der Waals surface area (Å²) in [4.78, 5) is 0. The maximum absolute atomic E-state index is 3.89. The summed E-state index contributed by atoms with van der Waals surface area (Å²) in [5, 5.41) is 18.5. The molecule has 15 heavy (non-hydrogen) atoms. The van der Waals surface area contributed by atoms with Gasteiger partial charge in [-0.25, -0.2) is 0 Å². The van der Waals surface area contributed by atoms with E-state index in [4.69, 9.17) is 0 Å². The van der Waals surface area contributed by atoms with Crippen LogP contribution in [0.2, 0.25) is 0 Å². The molecule has 82 valence electrons. The summed E-state index contributed by atoms with van der Waals surface area (Å²) in [6.07, 6.45) is 0. The Hall–Kier alpha value is -0.750. The van der Waals surface area contributed by atoms with Gasteiger partial charge >= 0.3 is 0 Å². The van der Waals surface area contributed by atoms with Gasteiger partial charge in [-0.15, -0.1) is 38.4 Å². The van der Waals surface area contributed by atoms with Crippen molar-refractivity contribution in [2.75, 3.05) is 5.75 Å². The summed E-state index contributed by atoms with van der Waals surface area (Å²) >= 11 is 3.37. The van der Waals surface area contributed by atoms with E-state index in [-0.39, 0.29) is 0 Å². The molecule has 0 bridgehead atoms. The molecule has 0 saturated carbocycles. The van der Waals surface area contributed by atoms with Crippen LogP contribution in [0.3, 0.4) is 0 Å². The molecular weight excluding hydrogens is 228 g/mol. The molecule has 2 rings (SSSR count). The molecule has 0 atom stereocenters. The minimum absolute atomic E-state index is 1.01. The first-order chi connectivity index (χ1) is 7.08. The molecule has 0 unspecified atom stereocenters. The molecular formula is C9H14N4S2. The highest BCUT2D eigenvalue weighted by atomic mass is 32.2. The van der Waals surface area contributed by atoms with E-state index in [9.17, 15) is 0 Å². The monoisotopic (exact) mass is 242 g/mol. The molecule has 0 saturated heterocycles. The van der Waals surface area contributed by atoms with Crippen molar-refractivity contribution in [3.05, 3.63) is 10.0 Å². The van der Waals surface area contributed by atoms with Crippen LogP contribution in [0.5, 0.6) is 0 Å². The van der Waals surface area contributed by atoms with Crippen molar-refractivity contribution in [1.82, 2.24) is 10.2 Å². The first-order valence-electron chi connectivity index (χ1n) is 4.55. The molecule has 6 heteroatoms. The first kappa shape index (κ1) is 12.3. The molecule has 1 aromatic rings. The lowest BCUT2D eigenvalue weighted by Gasteiger charge is -2.02. The zero-order valence-corrected chi connectivity index (χ0v) is 10.9. The Morgan fingerprint density at radius 2 is 1.53 bits per heavy atom. The molecule has 0 N–H and O–H groups in total. The molecule has 1 aliphatic heterocycles. The Morgan fingerprint density at radius 3 is 1.80 bits per heavy atom. The molecule has 2 heterocycles. The third-order valence-corrected chi connectivity index (χ3v) is 3.29. The molecule has 1 aliphatic rings. The van der Waals surface area contributed by atoms with Crippen LogP contribution in [-0.2, 0) is 0 Å². The van der Waals surface area contributed by atoms with Crippen LogP contribution >= 0.6 is 23.1 Å². The van der Waals surface area contributed by atoms with Crippen molar-refractivity contribution in [2.45, 2.75) is 27.7 Å². The number of nitrogens with zero attached hydrogens (tertiary/aromatic N) is 4. The van der Waals surface area contributed by atoms with E-state index < -0.39 is 0 Å². The number of hydrogen-bond donors (Lipinski definition) is 0. The molecule has 4 nitrogen and oxygen atoms in total. The van der Waals surface area contributed by atoms with Gasteiger partial charge in [-0.1, -0.05) is 0 Å². The van der Waals surface area contributed by atoms with Crippen LogP contribution in [0.15, 0.2) is 10.2 Å². The molecule has 0 aliphatic carbocycles. The highest BCUT2D eigenvalue weighted by molar-refractivity contribution is 8.14. The quantitative estimate of drug-likeness (QED) is 0.703. The van der Waals surface area contributed by atoms with E-state index in [1.165, 1.54) is 0 Å². The Bertz CT molecular complexity index is 347. The second-order valence-electron chi connectivity index (χ2n) is 3.08. The second kappa shape index (κ2) is 5.97. The number of aromatic nitrogens is 2. The van der Waals surface area contributed by atoms with E-state index in [2.05, 4.69) is 20.4 Å². The third kappa shape index (κ3) is 5.03. The molecule has 0 aromatic carbocycles. The number of hydrogen-bond acceptors (Lipinski definition) is 6. The Labute approximate surface area is 97.9 Å². The topological polar surface area (TPSA) is 50.5 Å². The van der Waals surface area contributed by atoms with Crippen molar-refractivity contribution in [2.24, 2.45) is 10.2 Å². The normalized spacial score (nSPS) is 14.9. The average molecular weight is 242 g/mol. The fourth-order valence-electron chi connectivity index (χ4n) is 0.818. The van der Waals surface area contributed by atoms with Gasteiger partial charge in [-0.3, -0.25) is 0 Å². The number of aryl methyl sites for hydroxylation is 2. The lowest BCUT2D eigenvalue weighted by atomic mass is 10.5. The van der Waals surface area contributed by atoms with Crippen molar-refractivity contribution < 1.29 is 0 Å². The van der Waals surface area contributed by atoms with Gasteiger partial charge in [0.1, 0.15) is 10.0 Å². The highest BCUT2D eigenvalue weighted by Crippen LogP contribution is 2.09. The standard InChI is InChI=1S/C5H8N2S.C4H6N2S/c1-4-3-8-5(2)7-6-4;1-3-5-6-4(2)7-3/h3H2,1-2H3;1-2H3. The van der Waals surface area contributed by atoms with Crippen LogP contribution in [0.4, 0.5) is 0 Å². The van der Waals surface area contributed by atoms with Crippen molar-refractivity contribution in [3.8, 4) is 0 Å². The lowest BCUT2D eigenvalue weighted by Crippen LogP contribution is -2.02. The number of thioether (sulfide) groups is 1. The van der Waals surface area contributed by atoms with Crippen LogP contribution < -0.4 is 0 Å². The zero-order valence-electron chi connectivity index (χ0n) is 9.31. The fraction of sp³-hybridized carbons (Fsp3) is 0.556. The first-order valence-corrected chi connectivity index (χ1v) is 6.35. The summed E-state index contributed by atoms with van der Waals surface area (Å²) in [7, 11) is 0. The number of rotatable bonds is 0. The fourth-order valence-corrected chi connectivity index (χ4v) is 1.98. The average Bonchev–Trinajstić information content (AvgIpc) is 2.56. The van der Waals surface area contributed by atoms with Gasteiger partial charge in [-0.05, 0) is 27.7 Å². The van der Waals surface area contributed by atoms with Gasteiger partial charge in [0, 0.05) is 11.5 Å². The smallest absolute Gasteiger partial charge is 0.114 e. The molecule has 1 aromatic heterocycles. The minimum Gasteiger partial charge on any atom is -0.159 e. The van der Waals surface area contributed by atoms with Gasteiger partial charge in [0.15, 0.2) is 0 Å². The molecule has 0 fully saturated rings. The van der Waals surface area contributed by atoms with Gasteiger partial charge in [0.05, 0.1) is 5.04 Å².